The van der Waals surface area contributed by atoms with Gasteiger partial charge in [0.1, 0.15) is 17.4 Å². The lowest BCUT2D eigenvalue weighted by molar-refractivity contribution is 0.103. The van der Waals surface area contributed by atoms with E-state index >= 15 is 0 Å². The fraction of sp³-hybridized carbons (Fsp3) is 0.111. The zero-order valence-corrected chi connectivity index (χ0v) is 14.6. The zero-order chi connectivity index (χ0) is 17.7. The molecule has 0 fully saturated rings. The maximum absolute atomic E-state index is 12.6. The summed E-state index contributed by atoms with van der Waals surface area (Å²) < 4.78 is 10.6. The van der Waals surface area contributed by atoms with E-state index in [-0.39, 0.29) is 17.1 Å². The summed E-state index contributed by atoms with van der Waals surface area (Å²) in [6.07, 6.45) is 1.43. The molecule has 0 amide bonds. The van der Waals surface area contributed by atoms with Crippen molar-refractivity contribution in [3.63, 3.8) is 0 Å². The van der Waals surface area contributed by atoms with Crippen molar-refractivity contribution in [2.75, 3.05) is 14.2 Å². The Balaban J connectivity index is 2.49. The van der Waals surface area contributed by atoms with Crippen molar-refractivity contribution in [1.29, 1.82) is 5.26 Å². The fourth-order valence-corrected chi connectivity index (χ4v) is 2.59. The monoisotopic (exact) mass is 387 g/mol. The van der Waals surface area contributed by atoms with Crippen LogP contribution in [0.25, 0.3) is 6.08 Å². The number of para-hydroxylation sites is 1. The molecule has 5 nitrogen and oxygen atoms in total. The Morgan fingerprint density at radius 1 is 1.21 bits per heavy atom. The van der Waals surface area contributed by atoms with Gasteiger partial charge in [-0.25, -0.2) is 0 Å². The largest absolute Gasteiger partial charge is 0.503 e. The molecule has 6 heteroatoms. The number of ketones is 1. The number of allylic oxidation sites excluding steroid dienone is 1. The van der Waals surface area contributed by atoms with E-state index < -0.39 is 5.78 Å². The number of rotatable bonds is 5. The lowest BCUT2D eigenvalue weighted by atomic mass is 10.0. The van der Waals surface area contributed by atoms with Gasteiger partial charge in [0.25, 0.3) is 0 Å². The van der Waals surface area contributed by atoms with Crippen LogP contribution in [0.1, 0.15) is 15.9 Å². The number of hydrogen-bond acceptors (Lipinski definition) is 5. The number of carbonyl (C=O) groups is 1. The van der Waals surface area contributed by atoms with Gasteiger partial charge in [-0.15, -0.1) is 0 Å². The Labute approximate surface area is 147 Å². The first kappa shape index (κ1) is 17.6. The topological polar surface area (TPSA) is 79.6 Å². The molecule has 0 aliphatic heterocycles. The molecule has 0 bridgehead atoms. The molecule has 0 heterocycles. The first-order valence-electron chi connectivity index (χ1n) is 6.87. The van der Waals surface area contributed by atoms with Crippen molar-refractivity contribution in [3.8, 4) is 23.3 Å². The number of halogens is 1. The average molecular weight is 388 g/mol. The van der Waals surface area contributed by atoms with Crippen molar-refractivity contribution < 1.29 is 19.4 Å². The molecule has 0 radical (unpaired) electrons. The third-order valence-electron chi connectivity index (χ3n) is 3.30. The second-order valence-corrected chi connectivity index (χ2v) is 5.61. The Morgan fingerprint density at radius 3 is 2.50 bits per heavy atom. The number of benzene rings is 2. The summed E-state index contributed by atoms with van der Waals surface area (Å²) in [5, 5.41) is 19.2. The number of nitriles is 1. The number of phenolic OH excluding ortho intramolecular Hbond substituents is 1. The van der Waals surface area contributed by atoms with Crippen LogP contribution in [0.4, 0.5) is 0 Å². The number of nitrogens with zero attached hydrogens (tertiary/aromatic N) is 1. The number of aromatic hydroxyl groups is 1. The minimum atomic E-state index is -0.446. The Morgan fingerprint density at radius 2 is 1.88 bits per heavy atom. The molecule has 0 aliphatic carbocycles. The van der Waals surface area contributed by atoms with E-state index in [4.69, 9.17) is 9.47 Å². The molecule has 0 spiro atoms. The number of phenols is 1. The SMILES string of the molecule is COc1ccccc1C(=O)/C(C#N)=C/c1cc(Br)c(O)c(OC)c1. The molecule has 0 atom stereocenters. The highest BCUT2D eigenvalue weighted by Gasteiger charge is 2.17. The molecule has 0 aliphatic rings. The van der Waals surface area contributed by atoms with Crippen molar-refractivity contribution in [3.05, 3.63) is 57.6 Å². The van der Waals surface area contributed by atoms with Gasteiger partial charge >= 0.3 is 0 Å². The zero-order valence-electron chi connectivity index (χ0n) is 13.0. The number of methoxy groups -OCH3 is 2. The molecule has 2 aromatic rings. The third-order valence-corrected chi connectivity index (χ3v) is 3.90. The fourth-order valence-electron chi connectivity index (χ4n) is 2.13. The van der Waals surface area contributed by atoms with Gasteiger partial charge in [-0.2, -0.15) is 5.26 Å². The first-order valence-corrected chi connectivity index (χ1v) is 7.67. The van der Waals surface area contributed by atoms with Crippen molar-refractivity contribution in [2.24, 2.45) is 0 Å². The molecule has 24 heavy (non-hydrogen) atoms. The third kappa shape index (κ3) is 3.58. The van der Waals surface area contributed by atoms with Gasteiger partial charge in [-0.3, -0.25) is 4.79 Å². The standard InChI is InChI=1S/C18H14BrNO4/c1-23-15-6-4-3-5-13(15)17(21)12(10-20)7-11-8-14(19)18(22)16(9-11)24-2/h3-9,22H,1-2H3/b12-7+. The second kappa shape index (κ2) is 7.66. The summed E-state index contributed by atoms with van der Waals surface area (Å²) in [7, 11) is 2.88. The van der Waals surface area contributed by atoms with Gasteiger partial charge in [-0.05, 0) is 51.8 Å². The van der Waals surface area contributed by atoms with Crippen LogP contribution in [0, 0.1) is 11.3 Å². The molecule has 0 unspecified atom stereocenters. The Kier molecular flexibility index (Phi) is 5.61. The lowest BCUT2D eigenvalue weighted by Crippen LogP contribution is -2.04. The molecular formula is C18H14BrNO4. The second-order valence-electron chi connectivity index (χ2n) is 4.75. The van der Waals surface area contributed by atoms with E-state index in [0.29, 0.717) is 21.3 Å². The minimum absolute atomic E-state index is 0.0517. The molecule has 2 rings (SSSR count). The summed E-state index contributed by atoms with van der Waals surface area (Å²) in [5.41, 5.74) is 0.785. The van der Waals surface area contributed by atoms with Crippen LogP contribution >= 0.6 is 15.9 Å². The van der Waals surface area contributed by atoms with Gasteiger partial charge < -0.3 is 14.6 Å². The molecular weight excluding hydrogens is 374 g/mol. The number of Topliss-reactive ketones (excluding diaryl/α,β-unsaturated/α-hetero) is 1. The van der Waals surface area contributed by atoms with E-state index in [1.807, 2.05) is 6.07 Å². The van der Waals surface area contributed by atoms with E-state index in [2.05, 4.69) is 15.9 Å². The smallest absolute Gasteiger partial charge is 0.207 e. The summed E-state index contributed by atoms with van der Waals surface area (Å²) in [5.74, 6) is 0.132. The Hall–Kier alpha value is -2.78. The maximum atomic E-state index is 12.6. The maximum Gasteiger partial charge on any atom is 0.207 e. The highest BCUT2D eigenvalue weighted by Crippen LogP contribution is 2.36. The van der Waals surface area contributed by atoms with E-state index in [1.54, 1.807) is 30.3 Å². The average Bonchev–Trinajstić information content (AvgIpc) is 2.61. The summed E-state index contributed by atoms with van der Waals surface area (Å²) >= 11 is 3.21. The lowest BCUT2D eigenvalue weighted by Gasteiger charge is -2.08. The highest BCUT2D eigenvalue weighted by atomic mass is 79.9. The summed E-state index contributed by atoms with van der Waals surface area (Å²) in [4.78, 5) is 12.6. The van der Waals surface area contributed by atoms with Crippen molar-refractivity contribution >= 4 is 27.8 Å². The van der Waals surface area contributed by atoms with Crippen LogP contribution in [0.3, 0.4) is 0 Å². The molecule has 1 N–H and O–H groups in total. The predicted molar refractivity (Wildman–Crippen MR) is 93.3 cm³/mol. The number of ether oxygens (including phenoxy) is 2. The van der Waals surface area contributed by atoms with Crippen LogP contribution in [0.5, 0.6) is 17.2 Å². The van der Waals surface area contributed by atoms with Crippen LogP contribution in [-0.4, -0.2) is 25.1 Å². The first-order chi connectivity index (χ1) is 11.5. The normalized spacial score (nSPS) is 10.8. The summed E-state index contributed by atoms with van der Waals surface area (Å²) in [6.45, 7) is 0. The van der Waals surface area contributed by atoms with Gasteiger partial charge in [0.2, 0.25) is 5.78 Å². The van der Waals surface area contributed by atoms with Crippen LogP contribution in [-0.2, 0) is 0 Å². The van der Waals surface area contributed by atoms with Crippen molar-refractivity contribution in [1.82, 2.24) is 0 Å². The number of hydrogen-bond donors (Lipinski definition) is 1. The van der Waals surface area contributed by atoms with Crippen LogP contribution in [0.15, 0.2) is 46.4 Å². The molecule has 0 aromatic heterocycles. The van der Waals surface area contributed by atoms with E-state index in [9.17, 15) is 15.2 Å². The van der Waals surface area contributed by atoms with Crippen LogP contribution < -0.4 is 9.47 Å². The van der Waals surface area contributed by atoms with E-state index in [1.165, 1.54) is 26.4 Å². The van der Waals surface area contributed by atoms with Gasteiger partial charge in [-0.1, -0.05) is 12.1 Å². The van der Waals surface area contributed by atoms with Gasteiger partial charge in [0.15, 0.2) is 11.5 Å². The molecule has 2 aromatic carbocycles. The molecule has 122 valence electrons. The Bertz CT molecular complexity index is 853. The van der Waals surface area contributed by atoms with Gasteiger partial charge in [0, 0.05) is 0 Å². The van der Waals surface area contributed by atoms with E-state index in [0.717, 1.165) is 0 Å². The van der Waals surface area contributed by atoms with Crippen molar-refractivity contribution in [2.45, 2.75) is 0 Å². The predicted octanol–water partition coefficient (Wildman–Crippen LogP) is 3.96. The molecule has 0 saturated carbocycles. The molecule has 0 saturated heterocycles. The van der Waals surface area contributed by atoms with Crippen LogP contribution in [0.2, 0.25) is 0 Å². The highest BCUT2D eigenvalue weighted by molar-refractivity contribution is 9.10. The summed E-state index contributed by atoms with van der Waals surface area (Å²) in [6, 6.07) is 11.7. The number of carbonyl (C=O) groups excluding carboxylic acids is 1. The minimum Gasteiger partial charge on any atom is -0.503 e. The quantitative estimate of drug-likeness (QED) is 0.477. The van der Waals surface area contributed by atoms with Gasteiger partial charge in [0.05, 0.1) is 24.3 Å².